The molecule has 0 bridgehead atoms. The molecule has 1 aromatic heterocycles. The molecule has 16 heavy (non-hydrogen) atoms. The number of nitrogen functional groups attached to an aromatic ring is 1. The summed E-state index contributed by atoms with van der Waals surface area (Å²) in [6.07, 6.45) is 0.392. The third-order valence-corrected chi connectivity index (χ3v) is 3.14. The predicted octanol–water partition coefficient (Wildman–Crippen LogP) is 3.41. The number of nitrogens with two attached hydrogens (primary N) is 1. The number of hydrogen-bond donors (Lipinski definition) is 1. The van der Waals surface area contributed by atoms with Gasteiger partial charge in [-0.15, -0.1) is 0 Å². The first-order chi connectivity index (χ1) is 7.65. The van der Waals surface area contributed by atoms with Gasteiger partial charge in [0.15, 0.2) is 5.78 Å². The Bertz CT molecular complexity index is 487. The number of halogens is 1. The fourth-order valence-electron chi connectivity index (χ4n) is 1.45. The molecule has 1 aromatic carbocycles. The van der Waals surface area contributed by atoms with E-state index in [1.54, 1.807) is 29.5 Å². The molecule has 0 fully saturated rings. The average Bonchev–Trinajstić information content (AvgIpc) is 2.68. The second-order valence-corrected chi connectivity index (χ2v) is 4.72. The van der Waals surface area contributed by atoms with Crippen molar-refractivity contribution in [1.82, 2.24) is 0 Å². The second kappa shape index (κ2) is 4.68. The molecule has 2 aromatic rings. The van der Waals surface area contributed by atoms with Crippen molar-refractivity contribution in [1.29, 1.82) is 0 Å². The van der Waals surface area contributed by atoms with E-state index in [2.05, 4.69) is 0 Å². The summed E-state index contributed by atoms with van der Waals surface area (Å²) in [5.74, 6) is 0.0348. The zero-order valence-electron chi connectivity index (χ0n) is 8.44. The van der Waals surface area contributed by atoms with E-state index >= 15 is 0 Å². The van der Waals surface area contributed by atoms with E-state index < -0.39 is 0 Å². The van der Waals surface area contributed by atoms with E-state index in [0.717, 1.165) is 5.56 Å². The van der Waals surface area contributed by atoms with Gasteiger partial charge >= 0.3 is 0 Å². The Balaban J connectivity index is 2.21. The predicted molar refractivity (Wildman–Crippen MR) is 68.2 cm³/mol. The number of anilines is 1. The molecular formula is C12H10ClNOS. The van der Waals surface area contributed by atoms with Gasteiger partial charge in [-0.1, -0.05) is 11.6 Å². The van der Waals surface area contributed by atoms with Gasteiger partial charge in [-0.2, -0.15) is 11.3 Å². The third kappa shape index (κ3) is 2.62. The lowest BCUT2D eigenvalue weighted by atomic mass is 10.0. The highest BCUT2D eigenvalue weighted by atomic mass is 35.5. The molecule has 1 heterocycles. The lowest BCUT2D eigenvalue weighted by Crippen LogP contribution is -2.03. The molecule has 2 rings (SSSR count). The van der Waals surface area contributed by atoms with Crippen molar-refractivity contribution in [2.24, 2.45) is 0 Å². The lowest BCUT2D eigenvalue weighted by molar-refractivity contribution is 0.0993. The smallest absolute Gasteiger partial charge is 0.167 e. The van der Waals surface area contributed by atoms with Crippen molar-refractivity contribution in [3.63, 3.8) is 0 Å². The van der Waals surface area contributed by atoms with Crippen LogP contribution < -0.4 is 5.73 Å². The number of rotatable bonds is 3. The van der Waals surface area contributed by atoms with Crippen molar-refractivity contribution in [2.45, 2.75) is 6.42 Å². The van der Waals surface area contributed by atoms with Crippen LogP contribution >= 0.6 is 22.9 Å². The minimum atomic E-state index is 0.0348. The molecule has 0 aliphatic heterocycles. The van der Waals surface area contributed by atoms with Gasteiger partial charge in [-0.25, -0.2) is 0 Å². The number of thiophene rings is 1. The fourth-order valence-corrected chi connectivity index (χ4v) is 2.37. The summed E-state index contributed by atoms with van der Waals surface area (Å²) in [4.78, 5) is 11.9. The lowest BCUT2D eigenvalue weighted by Gasteiger charge is -2.02. The highest BCUT2D eigenvalue weighted by Gasteiger charge is 2.08. The summed E-state index contributed by atoms with van der Waals surface area (Å²) in [5, 5.41) is 4.41. The molecule has 2 nitrogen and oxygen atoms in total. The maximum absolute atomic E-state index is 11.9. The van der Waals surface area contributed by atoms with Crippen molar-refractivity contribution >= 4 is 34.4 Å². The van der Waals surface area contributed by atoms with Gasteiger partial charge in [-0.05, 0) is 40.6 Å². The van der Waals surface area contributed by atoms with Crippen molar-refractivity contribution in [3.8, 4) is 0 Å². The van der Waals surface area contributed by atoms with Gasteiger partial charge in [0.2, 0.25) is 0 Å². The molecule has 4 heteroatoms. The molecule has 0 spiro atoms. The molecule has 0 aliphatic carbocycles. The zero-order chi connectivity index (χ0) is 11.5. The van der Waals surface area contributed by atoms with Gasteiger partial charge in [0.1, 0.15) is 0 Å². The Kier molecular flexibility index (Phi) is 3.27. The van der Waals surface area contributed by atoms with Crippen LogP contribution in [0.2, 0.25) is 5.02 Å². The summed E-state index contributed by atoms with van der Waals surface area (Å²) < 4.78 is 0. The summed E-state index contributed by atoms with van der Waals surface area (Å²) in [6.45, 7) is 0. The number of Topliss-reactive ketones (excluding diaryl/α,β-unsaturated/α-hetero) is 1. The van der Waals surface area contributed by atoms with Crippen LogP contribution in [-0.2, 0) is 6.42 Å². The standard InChI is InChI=1S/C12H10ClNOS/c13-10-4-9(5-11(14)6-10)12(15)3-8-1-2-16-7-8/h1-2,4-7H,3,14H2. The minimum Gasteiger partial charge on any atom is -0.399 e. The van der Waals surface area contributed by atoms with Gasteiger partial charge < -0.3 is 5.73 Å². The molecule has 0 radical (unpaired) electrons. The van der Waals surface area contributed by atoms with Crippen molar-refractivity contribution < 1.29 is 4.79 Å². The van der Waals surface area contributed by atoms with E-state index in [4.69, 9.17) is 17.3 Å². The number of benzene rings is 1. The monoisotopic (exact) mass is 251 g/mol. The van der Waals surface area contributed by atoms with Crippen LogP contribution in [0.5, 0.6) is 0 Å². The number of ketones is 1. The van der Waals surface area contributed by atoms with Crippen LogP contribution in [0.3, 0.4) is 0 Å². The largest absolute Gasteiger partial charge is 0.399 e. The Morgan fingerprint density at radius 3 is 2.81 bits per heavy atom. The van der Waals surface area contributed by atoms with Crippen LogP contribution in [0.25, 0.3) is 0 Å². The molecule has 0 unspecified atom stereocenters. The Morgan fingerprint density at radius 2 is 2.19 bits per heavy atom. The van der Waals surface area contributed by atoms with Gasteiger partial charge in [0, 0.05) is 22.7 Å². The van der Waals surface area contributed by atoms with Crippen LogP contribution in [0, 0.1) is 0 Å². The van der Waals surface area contributed by atoms with Crippen molar-refractivity contribution in [3.05, 3.63) is 51.2 Å². The highest BCUT2D eigenvalue weighted by Crippen LogP contribution is 2.18. The number of carbonyl (C=O) groups is 1. The van der Waals surface area contributed by atoms with E-state index in [1.165, 1.54) is 0 Å². The minimum absolute atomic E-state index is 0.0348. The van der Waals surface area contributed by atoms with Gasteiger partial charge in [0.05, 0.1) is 0 Å². The number of hydrogen-bond acceptors (Lipinski definition) is 3. The first-order valence-electron chi connectivity index (χ1n) is 4.75. The fraction of sp³-hybridized carbons (Fsp3) is 0.0833. The molecule has 0 saturated carbocycles. The summed E-state index contributed by atoms with van der Waals surface area (Å²) in [5.41, 5.74) is 7.74. The molecule has 0 amide bonds. The first kappa shape index (κ1) is 11.2. The molecule has 0 aliphatic rings. The van der Waals surface area contributed by atoms with Crippen molar-refractivity contribution in [2.75, 3.05) is 5.73 Å². The normalized spacial score (nSPS) is 10.3. The molecular weight excluding hydrogens is 242 g/mol. The summed E-state index contributed by atoms with van der Waals surface area (Å²) in [7, 11) is 0. The van der Waals surface area contributed by atoms with Crippen LogP contribution in [0.15, 0.2) is 35.0 Å². The quantitative estimate of drug-likeness (QED) is 0.671. The Morgan fingerprint density at radius 1 is 1.38 bits per heavy atom. The van der Waals surface area contributed by atoms with Gasteiger partial charge in [-0.3, -0.25) is 4.79 Å². The average molecular weight is 252 g/mol. The molecule has 82 valence electrons. The van der Waals surface area contributed by atoms with E-state index in [1.807, 2.05) is 16.8 Å². The van der Waals surface area contributed by atoms with Crippen LogP contribution in [-0.4, -0.2) is 5.78 Å². The SMILES string of the molecule is Nc1cc(Cl)cc(C(=O)Cc2ccsc2)c1. The first-order valence-corrected chi connectivity index (χ1v) is 6.07. The summed E-state index contributed by atoms with van der Waals surface area (Å²) >= 11 is 7.43. The van der Waals surface area contributed by atoms with Gasteiger partial charge in [0.25, 0.3) is 0 Å². The maximum atomic E-state index is 11.9. The third-order valence-electron chi connectivity index (χ3n) is 2.19. The van der Waals surface area contributed by atoms with Crippen LogP contribution in [0.4, 0.5) is 5.69 Å². The van der Waals surface area contributed by atoms with E-state index in [9.17, 15) is 4.79 Å². The highest BCUT2D eigenvalue weighted by molar-refractivity contribution is 7.08. The molecule has 0 atom stereocenters. The number of carbonyl (C=O) groups excluding carboxylic acids is 1. The topological polar surface area (TPSA) is 43.1 Å². The Hall–Kier alpha value is -1.32. The van der Waals surface area contributed by atoms with E-state index in [-0.39, 0.29) is 5.78 Å². The molecule has 0 saturated heterocycles. The second-order valence-electron chi connectivity index (χ2n) is 3.50. The summed E-state index contributed by atoms with van der Waals surface area (Å²) in [6, 6.07) is 6.87. The zero-order valence-corrected chi connectivity index (χ0v) is 10.0. The van der Waals surface area contributed by atoms with E-state index in [0.29, 0.717) is 22.7 Å². The molecule has 2 N–H and O–H groups in total. The Labute approximate surface area is 103 Å². The maximum Gasteiger partial charge on any atom is 0.167 e. The van der Waals surface area contributed by atoms with Crippen LogP contribution in [0.1, 0.15) is 15.9 Å².